The van der Waals surface area contributed by atoms with Crippen molar-refractivity contribution in [1.29, 1.82) is 0 Å². The SMILES string of the molecule is O=C(c1ccc[nH]1)N1CCCn2c(nc(CN3CCCC3)cc2=O)C1. The Morgan fingerprint density at radius 1 is 1.16 bits per heavy atom. The van der Waals surface area contributed by atoms with Crippen molar-refractivity contribution in [3.05, 3.63) is 52.0 Å². The number of carbonyl (C=O) groups excluding carboxylic acids is 1. The number of likely N-dealkylation sites (tertiary alicyclic amines) is 1. The first kappa shape index (κ1) is 16.1. The number of nitrogens with zero attached hydrogens (tertiary/aromatic N) is 4. The number of aromatic nitrogens is 3. The minimum absolute atomic E-state index is 0.00614. The summed E-state index contributed by atoms with van der Waals surface area (Å²) in [5.41, 5.74) is 1.38. The van der Waals surface area contributed by atoms with Gasteiger partial charge in [-0.2, -0.15) is 0 Å². The summed E-state index contributed by atoms with van der Waals surface area (Å²) in [6.45, 7) is 4.46. The molecule has 1 amide bonds. The predicted molar refractivity (Wildman–Crippen MR) is 93.2 cm³/mol. The van der Waals surface area contributed by atoms with Crippen molar-refractivity contribution in [3.63, 3.8) is 0 Å². The number of fused-ring (bicyclic) bond motifs is 1. The van der Waals surface area contributed by atoms with E-state index in [1.807, 2.05) is 6.07 Å². The number of amides is 1. The molecule has 2 aromatic rings. The number of H-pyrrole nitrogens is 1. The summed E-state index contributed by atoms with van der Waals surface area (Å²) in [5.74, 6) is 0.650. The van der Waals surface area contributed by atoms with Crippen LogP contribution < -0.4 is 5.56 Å². The minimum Gasteiger partial charge on any atom is -0.357 e. The summed E-state index contributed by atoms with van der Waals surface area (Å²) in [5, 5.41) is 0. The molecule has 2 aliphatic heterocycles. The third-order valence-electron chi connectivity index (χ3n) is 4.98. The molecule has 2 aliphatic rings. The molecule has 7 nitrogen and oxygen atoms in total. The molecule has 1 saturated heterocycles. The number of nitrogens with one attached hydrogen (secondary N) is 1. The van der Waals surface area contributed by atoms with E-state index in [2.05, 4.69) is 9.88 Å². The van der Waals surface area contributed by atoms with Crippen LogP contribution in [0.5, 0.6) is 0 Å². The molecular formula is C18H23N5O2. The zero-order valence-corrected chi connectivity index (χ0v) is 14.3. The Morgan fingerprint density at radius 3 is 2.76 bits per heavy atom. The molecule has 25 heavy (non-hydrogen) atoms. The van der Waals surface area contributed by atoms with E-state index < -0.39 is 0 Å². The van der Waals surface area contributed by atoms with E-state index in [0.717, 1.165) is 25.2 Å². The maximum Gasteiger partial charge on any atom is 0.270 e. The van der Waals surface area contributed by atoms with Crippen LogP contribution in [-0.4, -0.2) is 49.9 Å². The molecule has 4 rings (SSSR count). The maximum atomic E-state index is 12.6. The fraction of sp³-hybridized carbons (Fsp3) is 0.500. The van der Waals surface area contributed by atoms with Crippen molar-refractivity contribution in [3.8, 4) is 0 Å². The van der Waals surface area contributed by atoms with Gasteiger partial charge in [0.1, 0.15) is 11.5 Å². The second kappa shape index (κ2) is 6.84. The van der Waals surface area contributed by atoms with Gasteiger partial charge in [-0.05, 0) is 44.5 Å². The monoisotopic (exact) mass is 341 g/mol. The molecule has 132 valence electrons. The standard InChI is InChI=1S/C18H23N5O2/c24-17-11-14(12-21-7-1-2-8-21)20-16-13-22(9-4-10-23(16)17)18(25)15-5-3-6-19-15/h3,5-6,11,19H,1-2,4,7-10,12-13H2. The molecule has 2 aromatic heterocycles. The van der Waals surface area contributed by atoms with Crippen molar-refractivity contribution in [2.75, 3.05) is 19.6 Å². The van der Waals surface area contributed by atoms with Crippen LogP contribution in [0.15, 0.2) is 29.2 Å². The summed E-state index contributed by atoms with van der Waals surface area (Å²) in [4.78, 5) is 37.0. The predicted octanol–water partition coefficient (Wildman–Crippen LogP) is 1.21. The second-order valence-electron chi connectivity index (χ2n) is 6.80. The molecule has 0 saturated carbocycles. The van der Waals surface area contributed by atoms with Crippen LogP contribution in [0.25, 0.3) is 0 Å². The van der Waals surface area contributed by atoms with Gasteiger partial charge in [0.15, 0.2) is 0 Å². The average molecular weight is 341 g/mol. The van der Waals surface area contributed by atoms with Gasteiger partial charge in [-0.25, -0.2) is 4.98 Å². The van der Waals surface area contributed by atoms with Crippen LogP contribution in [0, 0.1) is 0 Å². The van der Waals surface area contributed by atoms with Crippen molar-refractivity contribution in [2.24, 2.45) is 0 Å². The number of hydrogen-bond donors (Lipinski definition) is 1. The van der Waals surface area contributed by atoms with Gasteiger partial charge in [-0.3, -0.25) is 19.1 Å². The first-order chi connectivity index (χ1) is 12.2. The molecule has 0 unspecified atom stereocenters. The van der Waals surface area contributed by atoms with Crippen LogP contribution >= 0.6 is 0 Å². The van der Waals surface area contributed by atoms with Gasteiger partial charge in [-0.1, -0.05) is 0 Å². The van der Waals surface area contributed by atoms with E-state index in [9.17, 15) is 9.59 Å². The average Bonchev–Trinajstić information content (AvgIpc) is 3.25. The minimum atomic E-state index is -0.0438. The van der Waals surface area contributed by atoms with Crippen molar-refractivity contribution in [1.82, 2.24) is 24.3 Å². The molecule has 0 radical (unpaired) electrons. The normalized spacial score (nSPS) is 18.2. The van der Waals surface area contributed by atoms with Gasteiger partial charge in [0, 0.05) is 31.9 Å². The molecule has 1 fully saturated rings. The Labute approximate surface area is 146 Å². The Hall–Kier alpha value is -2.41. The first-order valence-corrected chi connectivity index (χ1v) is 8.95. The highest BCUT2D eigenvalue weighted by molar-refractivity contribution is 5.92. The summed E-state index contributed by atoms with van der Waals surface area (Å²) < 4.78 is 1.72. The topological polar surface area (TPSA) is 74.2 Å². The van der Waals surface area contributed by atoms with Gasteiger partial charge in [0.2, 0.25) is 0 Å². The third kappa shape index (κ3) is 3.37. The van der Waals surface area contributed by atoms with Crippen LogP contribution in [0.1, 0.15) is 41.3 Å². The van der Waals surface area contributed by atoms with Gasteiger partial charge in [-0.15, -0.1) is 0 Å². The number of aromatic amines is 1. The number of hydrogen-bond acceptors (Lipinski definition) is 4. The van der Waals surface area contributed by atoms with E-state index in [1.54, 1.807) is 27.8 Å². The van der Waals surface area contributed by atoms with Gasteiger partial charge in [0.05, 0.1) is 12.2 Å². The summed E-state index contributed by atoms with van der Waals surface area (Å²) >= 11 is 0. The Kier molecular flexibility index (Phi) is 4.40. The maximum absolute atomic E-state index is 12.6. The fourth-order valence-corrected chi connectivity index (χ4v) is 3.69. The highest BCUT2D eigenvalue weighted by Crippen LogP contribution is 2.15. The molecule has 4 heterocycles. The Balaban J connectivity index is 1.59. The highest BCUT2D eigenvalue weighted by atomic mass is 16.2. The van der Waals surface area contributed by atoms with E-state index >= 15 is 0 Å². The van der Waals surface area contributed by atoms with Crippen LogP contribution in [-0.2, 0) is 19.6 Å². The largest absolute Gasteiger partial charge is 0.357 e. The number of rotatable bonds is 3. The summed E-state index contributed by atoms with van der Waals surface area (Å²) in [6, 6.07) is 5.25. The van der Waals surface area contributed by atoms with E-state index in [-0.39, 0.29) is 11.5 Å². The van der Waals surface area contributed by atoms with Crippen LogP contribution in [0.2, 0.25) is 0 Å². The molecule has 0 aromatic carbocycles. The molecule has 0 spiro atoms. The molecule has 0 aliphatic carbocycles. The molecule has 1 N–H and O–H groups in total. The van der Waals surface area contributed by atoms with E-state index in [0.29, 0.717) is 37.7 Å². The Bertz CT molecular complexity index is 805. The van der Waals surface area contributed by atoms with E-state index in [1.165, 1.54) is 12.8 Å². The zero-order valence-electron chi connectivity index (χ0n) is 14.3. The first-order valence-electron chi connectivity index (χ1n) is 8.95. The molecule has 0 bridgehead atoms. The van der Waals surface area contributed by atoms with Gasteiger partial charge < -0.3 is 9.88 Å². The van der Waals surface area contributed by atoms with Crippen LogP contribution in [0.4, 0.5) is 0 Å². The second-order valence-corrected chi connectivity index (χ2v) is 6.80. The van der Waals surface area contributed by atoms with E-state index in [4.69, 9.17) is 4.98 Å². The highest BCUT2D eigenvalue weighted by Gasteiger charge is 2.23. The van der Waals surface area contributed by atoms with Gasteiger partial charge >= 0.3 is 0 Å². The van der Waals surface area contributed by atoms with Gasteiger partial charge in [0.25, 0.3) is 11.5 Å². The summed E-state index contributed by atoms with van der Waals surface area (Å²) in [7, 11) is 0. The Morgan fingerprint density at radius 2 is 2.00 bits per heavy atom. The molecule has 7 heteroatoms. The lowest BCUT2D eigenvalue weighted by Crippen LogP contribution is -2.32. The quantitative estimate of drug-likeness (QED) is 0.911. The van der Waals surface area contributed by atoms with Crippen LogP contribution in [0.3, 0.4) is 0 Å². The zero-order chi connectivity index (χ0) is 17.2. The van der Waals surface area contributed by atoms with Crippen molar-refractivity contribution < 1.29 is 4.79 Å². The number of carbonyl (C=O) groups is 1. The van der Waals surface area contributed by atoms with Crippen molar-refractivity contribution >= 4 is 5.91 Å². The fourth-order valence-electron chi connectivity index (χ4n) is 3.69. The smallest absolute Gasteiger partial charge is 0.270 e. The summed E-state index contributed by atoms with van der Waals surface area (Å²) in [6.07, 6.45) is 4.92. The lowest BCUT2D eigenvalue weighted by atomic mass is 10.3. The molecule has 0 atom stereocenters. The van der Waals surface area contributed by atoms with Crippen molar-refractivity contribution in [2.45, 2.75) is 38.9 Å². The lowest BCUT2D eigenvalue weighted by Gasteiger charge is -2.20. The lowest BCUT2D eigenvalue weighted by molar-refractivity contribution is 0.0738. The third-order valence-corrected chi connectivity index (χ3v) is 4.98. The molecular weight excluding hydrogens is 318 g/mol.